The van der Waals surface area contributed by atoms with Gasteiger partial charge in [-0.25, -0.2) is 0 Å². The molecule has 2 rings (SSSR count). The molecule has 0 bridgehead atoms. The lowest BCUT2D eigenvalue weighted by Gasteiger charge is -2.10. The Labute approximate surface area is 158 Å². The molecule has 0 spiro atoms. The van der Waals surface area contributed by atoms with Crippen LogP contribution in [0.5, 0.6) is 0 Å². The van der Waals surface area contributed by atoms with Crippen LogP contribution in [-0.2, 0) is 9.47 Å². The second-order valence-electron chi connectivity index (χ2n) is 7.10. The van der Waals surface area contributed by atoms with E-state index in [1.807, 2.05) is 30.3 Å². The first-order valence-electron chi connectivity index (χ1n) is 10.3. The number of hydrogen-bond donors (Lipinski definition) is 0. The van der Waals surface area contributed by atoms with Crippen LogP contribution in [0.15, 0.2) is 42.5 Å². The van der Waals surface area contributed by atoms with Gasteiger partial charge >= 0.3 is 0 Å². The van der Waals surface area contributed by atoms with Gasteiger partial charge in [0, 0.05) is 18.4 Å². The van der Waals surface area contributed by atoms with E-state index in [2.05, 4.69) is 19.1 Å². The highest BCUT2D eigenvalue weighted by molar-refractivity contribution is 5.95. The Morgan fingerprint density at radius 3 is 2.62 bits per heavy atom. The molecule has 0 radical (unpaired) electrons. The van der Waals surface area contributed by atoms with Crippen LogP contribution in [-0.4, -0.2) is 24.8 Å². The fourth-order valence-electron chi connectivity index (χ4n) is 3.20. The fraction of sp³-hybridized carbons (Fsp3) is 0.609. The molecule has 2 atom stereocenters. The first kappa shape index (κ1) is 20.9. The maximum atomic E-state index is 12.1. The van der Waals surface area contributed by atoms with Crippen LogP contribution in [0.2, 0.25) is 0 Å². The van der Waals surface area contributed by atoms with Crippen LogP contribution in [0, 0.1) is 0 Å². The van der Waals surface area contributed by atoms with E-state index in [0.29, 0.717) is 13.0 Å². The van der Waals surface area contributed by atoms with Gasteiger partial charge in [-0.15, -0.1) is 0 Å². The van der Waals surface area contributed by atoms with Gasteiger partial charge < -0.3 is 9.47 Å². The van der Waals surface area contributed by atoms with Crippen molar-refractivity contribution in [2.45, 2.75) is 83.5 Å². The molecular formula is C23H34O3. The predicted molar refractivity (Wildman–Crippen MR) is 106 cm³/mol. The summed E-state index contributed by atoms with van der Waals surface area (Å²) in [5, 5.41) is 0. The summed E-state index contributed by atoms with van der Waals surface area (Å²) < 4.78 is 11.6. The summed E-state index contributed by atoms with van der Waals surface area (Å²) >= 11 is 0. The van der Waals surface area contributed by atoms with Crippen molar-refractivity contribution in [1.82, 2.24) is 0 Å². The van der Waals surface area contributed by atoms with Crippen LogP contribution >= 0.6 is 0 Å². The van der Waals surface area contributed by atoms with Crippen molar-refractivity contribution in [2.24, 2.45) is 0 Å². The molecule has 1 aliphatic rings. The summed E-state index contributed by atoms with van der Waals surface area (Å²) in [6.07, 6.45) is 15.5. The van der Waals surface area contributed by atoms with E-state index in [1.54, 1.807) is 0 Å². The smallest absolute Gasteiger partial charge is 0.162 e. The summed E-state index contributed by atoms with van der Waals surface area (Å²) in [5.41, 5.74) is 0.780. The van der Waals surface area contributed by atoms with Gasteiger partial charge in [0.15, 0.2) is 12.1 Å². The number of Topliss-reactive ketones (excluding diaryl/α,β-unsaturated/α-hetero) is 1. The van der Waals surface area contributed by atoms with Gasteiger partial charge in [0.25, 0.3) is 0 Å². The van der Waals surface area contributed by atoms with Gasteiger partial charge in [0.2, 0.25) is 0 Å². The van der Waals surface area contributed by atoms with Gasteiger partial charge in [-0.3, -0.25) is 4.79 Å². The van der Waals surface area contributed by atoms with E-state index < -0.39 is 0 Å². The number of rotatable bonds is 13. The summed E-state index contributed by atoms with van der Waals surface area (Å²) in [4.78, 5) is 12.1. The van der Waals surface area contributed by atoms with E-state index in [-0.39, 0.29) is 18.2 Å². The molecule has 1 heterocycles. The lowest BCUT2D eigenvalue weighted by molar-refractivity contribution is -0.0620. The zero-order valence-electron chi connectivity index (χ0n) is 16.2. The van der Waals surface area contributed by atoms with Crippen molar-refractivity contribution in [1.29, 1.82) is 0 Å². The molecule has 0 saturated carbocycles. The van der Waals surface area contributed by atoms with E-state index >= 15 is 0 Å². The third-order valence-corrected chi connectivity index (χ3v) is 4.81. The molecule has 3 heteroatoms. The first-order valence-corrected chi connectivity index (χ1v) is 10.3. The monoisotopic (exact) mass is 358 g/mol. The Balaban J connectivity index is 1.51. The van der Waals surface area contributed by atoms with Gasteiger partial charge in [0.05, 0.1) is 12.7 Å². The number of allylic oxidation sites excluding steroid dienone is 2. The summed E-state index contributed by atoms with van der Waals surface area (Å²) in [5.74, 6) is 0.180. The zero-order valence-corrected chi connectivity index (χ0v) is 16.2. The highest BCUT2D eigenvalue weighted by atomic mass is 16.7. The Bertz CT molecular complexity index is 524. The molecule has 1 aromatic rings. The van der Waals surface area contributed by atoms with E-state index in [1.165, 1.54) is 38.5 Å². The number of unbranched alkanes of at least 4 members (excludes halogenated alkanes) is 5. The fourth-order valence-corrected chi connectivity index (χ4v) is 3.20. The number of benzene rings is 1. The maximum absolute atomic E-state index is 12.1. The Hall–Kier alpha value is -1.45. The molecule has 1 fully saturated rings. The molecule has 0 aromatic heterocycles. The first-order chi connectivity index (χ1) is 12.8. The van der Waals surface area contributed by atoms with Crippen LogP contribution in [0.1, 0.15) is 81.5 Å². The molecule has 1 aromatic carbocycles. The molecular weight excluding hydrogens is 324 g/mol. The average Bonchev–Trinajstić information content (AvgIpc) is 3.13. The molecule has 144 valence electrons. The largest absolute Gasteiger partial charge is 0.350 e. The number of carbonyl (C=O) groups excluding carboxylic acids is 1. The quantitative estimate of drug-likeness (QED) is 0.243. The minimum absolute atomic E-state index is 0.0511. The van der Waals surface area contributed by atoms with Crippen molar-refractivity contribution in [3.63, 3.8) is 0 Å². The third kappa shape index (κ3) is 8.29. The van der Waals surface area contributed by atoms with Crippen LogP contribution < -0.4 is 0 Å². The van der Waals surface area contributed by atoms with E-state index in [9.17, 15) is 4.79 Å². The maximum Gasteiger partial charge on any atom is 0.162 e. The summed E-state index contributed by atoms with van der Waals surface area (Å²) in [6, 6.07) is 9.46. The lowest BCUT2D eigenvalue weighted by Crippen LogP contribution is -2.14. The SMILES string of the molecule is CCCCCCCC=CCCC1OCC(CCC(=O)c2ccccc2)O1. The topological polar surface area (TPSA) is 35.5 Å². The van der Waals surface area contributed by atoms with Crippen molar-refractivity contribution in [3.05, 3.63) is 48.0 Å². The molecule has 26 heavy (non-hydrogen) atoms. The predicted octanol–water partition coefficient (Wildman–Crippen LogP) is 6.09. The van der Waals surface area contributed by atoms with Crippen LogP contribution in [0.3, 0.4) is 0 Å². The molecule has 1 aliphatic heterocycles. The average molecular weight is 359 g/mol. The van der Waals surface area contributed by atoms with Crippen molar-refractivity contribution < 1.29 is 14.3 Å². The number of hydrogen-bond acceptors (Lipinski definition) is 3. The van der Waals surface area contributed by atoms with Gasteiger partial charge in [0.1, 0.15) is 0 Å². The lowest BCUT2D eigenvalue weighted by atomic mass is 10.0. The molecule has 0 amide bonds. The summed E-state index contributed by atoms with van der Waals surface area (Å²) in [6.45, 7) is 2.85. The van der Waals surface area contributed by atoms with Gasteiger partial charge in [-0.05, 0) is 25.7 Å². The highest BCUT2D eigenvalue weighted by Crippen LogP contribution is 2.20. The number of carbonyl (C=O) groups is 1. The van der Waals surface area contributed by atoms with Gasteiger partial charge in [-0.2, -0.15) is 0 Å². The normalized spacial score (nSPS) is 20.0. The minimum atomic E-state index is -0.110. The number of ketones is 1. The second-order valence-corrected chi connectivity index (χ2v) is 7.10. The summed E-state index contributed by atoms with van der Waals surface area (Å²) in [7, 11) is 0. The highest BCUT2D eigenvalue weighted by Gasteiger charge is 2.25. The molecule has 2 unspecified atom stereocenters. The Kier molecular flexibility index (Phi) is 10.3. The van der Waals surface area contributed by atoms with E-state index in [0.717, 1.165) is 24.8 Å². The standard InChI is InChI=1S/C23H34O3/c1-2-3-4-5-6-7-8-9-13-16-23-25-19-21(26-23)17-18-22(24)20-14-11-10-12-15-20/h8-12,14-15,21,23H,2-7,13,16-19H2,1H3. The van der Waals surface area contributed by atoms with Crippen molar-refractivity contribution in [3.8, 4) is 0 Å². The Morgan fingerprint density at radius 2 is 1.81 bits per heavy atom. The Morgan fingerprint density at radius 1 is 1.04 bits per heavy atom. The molecule has 0 aliphatic carbocycles. The second kappa shape index (κ2) is 12.8. The van der Waals surface area contributed by atoms with Crippen molar-refractivity contribution in [2.75, 3.05) is 6.61 Å². The minimum Gasteiger partial charge on any atom is -0.350 e. The van der Waals surface area contributed by atoms with Gasteiger partial charge in [-0.1, -0.05) is 75.1 Å². The zero-order chi connectivity index (χ0) is 18.5. The molecule has 0 N–H and O–H groups in total. The van der Waals surface area contributed by atoms with Crippen LogP contribution in [0.4, 0.5) is 0 Å². The molecule has 1 saturated heterocycles. The van der Waals surface area contributed by atoms with Crippen molar-refractivity contribution >= 4 is 5.78 Å². The van der Waals surface area contributed by atoms with E-state index in [4.69, 9.17) is 9.47 Å². The molecule has 3 nitrogen and oxygen atoms in total. The van der Waals surface area contributed by atoms with Crippen LogP contribution in [0.25, 0.3) is 0 Å². The number of ether oxygens (including phenoxy) is 2. The third-order valence-electron chi connectivity index (χ3n) is 4.81.